The number of hydrogen-bond donors (Lipinski definition) is 1. The molecule has 27 heavy (non-hydrogen) atoms. The first kappa shape index (κ1) is 15.7. The van der Waals surface area contributed by atoms with Crippen LogP contribution in [0.15, 0.2) is 49.7 Å². The van der Waals surface area contributed by atoms with E-state index in [2.05, 4.69) is 46.8 Å². The summed E-state index contributed by atoms with van der Waals surface area (Å²) in [5.41, 5.74) is 0.873. The molecule has 0 radical (unpaired) electrons. The van der Waals surface area contributed by atoms with Gasteiger partial charge in [-0.05, 0) is 12.5 Å². The average molecular weight is 361 g/mol. The quantitative estimate of drug-likeness (QED) is 0.591. The molecule has 0 amide bonds. The van der Waals surface area contributed by atoms with Crippen molar-refractivity contribution in [2.75, 3.05) is 29.9 Å². The van der Waals surface area contributed by atoms with E-state index in [0.717, 1.165) is 48.0 Å². The molecule has 1 aliphatic rings. The molecule has 4 aromatic heterocycles. The highest BCUT2D eigenvalue weighted by Crippen LogP contribution is 2.27. The predicted molar refractivity (Wildman–Crippen MR) is 102 cm³/mol. The highest BCUT2D eigenvalue weighted by Gasteiger charge is 2.28. The van der Waals surface area contributed by atoms with Crippen molar-refractivity contribution in [2.45, 2.75) is 12.5 Å². The van der Waals surface area contributed by atoms with E-state index in [1.807, 2.05) is 29.2 Å². The van der Waals surface area contributed by atoms with Crippen LogP contribution in [0.2, 0.25) is 0 Å². The van der Waals surface area contributed by atoms with Crippen molar-refractivity contribution >= 4 is 22.7 Å². The molecule has 0 saturated carbocycles. The normalized spacial score (nSPS) is 16.9. The Morgan fingerprint density at radius 3 is 2.96 bits per heavy atom. The molecule has 0 aliphatic carbocycles. The highest BCUT2D eigenvalue weighted by atomic mass is 15.3. The summed E-state index contributed by atoms with van der Waals surface area (Å²) in [7, 11) is 2.07. The van der Waals surface area contributed by atoms with Crippen LogP contribution in [0, 0.1) is 0 Å². The SMILES string of the molecule is CN(c1cnc(-n2ccnc2)cn1)[C@@H]1CCN(c2ncnc3[nH]ccc23)C1. The first-order chi connectivity index (χ1) is 13.3. The number of aromatic amines is 1. The van der Waals surface area contributed by atoms with Gasteiger partial charge in [0.1, 0.15) is 29.9 Å². The molecule has 0 aromatic carbocycles. The predicted octanol–water partition coefficient (Wildman–Crippen LogP) is 1.65. The van der Waals surface area contributed by atoms with Gasteiger partial charge in [-0.1, -0.05) is 0 Å². The number of fused-ring (bicyclic) bond motifs is 1. The second-order valence-corrected chi connectivity index (χ2v) is 6.64. The maximum atomic E-state index is 4.58. The van der Waals surface area contributed by atoms with Gasteiger partial charge in [0, 0.05) is 44.8 Å². The van der Waals surface area contributed by atoms with Crippen LogP contribution < -0.4 is 9.80 Å². The second-order valence-electron chi connectivity index (χ2n) is 6.64. The topological polar surface area (TPSA) is 91.7 Å². The smallest absolute Gasteiger partial charge is 0.156 e. The van der Waals surface area contributed by atoms with Gasteiger partial charge in [0.25, 0.3) is 0 Å². The monoisotopic (exact) mass is 361 g/mol. The summed E-state index contributed by atoms with van der Waals surface area (Å²) < 4.78 is 1.84. The molecule has 9 heteroatoms. The van der Waals surface area contributed by atoms with E-state index in [-0.39, 0.29) is 0 Å². The number of aromatic nitrogens is 7. The fourth-order valence-electron chi connectivity index (χ4n) is 3.57. The summed E-state index contributed by atoms with van der Waals surface area (Å²) in [6, 6.07) is 2.38. The van der Waals surface area contributed by atoms with Crippen LogP contribution >= 0.6 is 0 Å². The molecular formula is C18H19N9. The van der Waals surface area contributed by atoms with Crippen LogP contribution in [0.3, 0.4) is 0 Å². The molecule has 5 rings (SSSR count). The number of imidazole rings is 1. The van der Waals surface area contributed by atoms with E-state index in [1.165, 1.54) is 0 Å². The van der Waals surface area contributed by atoms with Crippen molar-refractivity contribution in [3.8, 4) is 5.82 Å². The van der Waals surface area contributed by atoms with Gasteiger partial charge >= 0.3 is 0 Å². The van der Waals surface area contributed by atoms with Crippen molar-refractivity contribution in [3.63, 3.8) is 0 Å². The molecule has 0 unspecified atom stereocenters. The van der Waals surface area contributed by atoms with Gasteiger partial charge in [-0.3, -0.25) is 4.57 Å². The molecule has 5 heterocycles. The summed E-state index contributed by atoms with van der Waals surface area (Å²) in [5, 5.41) is 1.06. The first-order valence-electron chi connectivity index (χ1n) is 8.86. The lowest BCUT2D eigenvalue weighted by Crippen LogP contribution is -2.35. The lowest BCUT2D eigenvalue weighted by atomic mass is 10.2. The Hall–Kier alpha value is -3.49. The third kappa shape index (κ3) is 2.77. The van der Waals surface area contributed by atoms with Crippen LogP contribution in [-0.4, -0.2) is 60.6 Å². The summed E-state index contributed by atoms with van der Waals surface area (Å²) >= 11 is 0. The zero-order valence-corrected chi connectivity index (χ0v) is 14.9. The van der Waals surface area contributed by atoms with Crippen LogP contribution in [0.4, 0.5) is 11.6 Å². The van der Waals surface area contributed by atoms with Crippen molar-refractivity contribution in [3.05, 3.63) is 49.7 Å². The van der Waals surface area contributed by atoms with Gasteiger partial charge in [0.15, 0.2) is 5.82 Å². The maximum Gasteiger partial charge on any atom is 0.156 e. The van der Waals surface area contributed by atoms with E-state index >= 15 is 0 Å². The number of hydrogen-bond acceptors (Lipinski definition) is 7. The van der Waals surface area contributed by atoms with Crippen LogP contribution in [0.25, 0.3) is 16.9 Å². The molecule has 1 saturated heterocycles. The van der Waals surface area contributed by atoms with E-state index < -0.39 is 0 Å². The number of nitrogens with zero attached hydrogens (tertiary/aromatic N) is 8. The molecule has 136 valence electrons. The fourth-order valence-corrected chi connectivity index (χ4v) is 3.57. The van der Waals surface area contributed by atoms with Crippen LogP contribution in [0.1, 0.15) is 6.42 Å². The Morgan fingerprint density at radius 2 is 2.15 bits per heavy atom. The van der Waals surface area contributed by atoms with Gasteiger partial charge in [-0.15, -0.1) is 0 Å². The Kier molecular flexibility index (Phi) is 3.70. The summed E-state index contributed by atoms with van der Waals surface area (Å²) in [5.74, 6) is 2.60. The highest BCUT2D eigenvalue weighted by molar-refractivity contribution is 5.87. The van der Waals surface area contributed by atoms with Gasteiger partial charge in [0.2, 0.25) is 0 Å². The molecular weight excluding hydrogens is 342 g/mol. The van der Waals surface area contributed by atoms with E-state index in [4.69, 9.17) is 0 Å². The Balaban J connectivity index is 1.33. The van der Waals surface area contributed by atoms with Crippen molar-refractivity contribution in [1.29, 1.82) is 0 Å². The van der Waals surface area contributed by atoms with Crippen molar-refractivity contribution in [2.24, 2.45) is 0 Å². The zero-order valence-electron chi connectivity index (χ0n) is 14.9. The molecule has 0 spiro atoms. The standard InChI is InChI=1S/C18H19N9/c1-25(15-8-22-16(9-21-15)27-7-5-19-12-27)13-3-6-26(10-13)18-14-2-4-20-17(14)23-11-24-18/h2,4-5,7-9,11-13H,3,6,10H2,1H3,(H,20,23,24)/t13-/m1/s1. The number of H-pyrrole nitrogens is 1. The molecule has 4 aromatic rings. The van der Waals surface area contributed by atoms with Gasteiger partial charge in [0.05, 0.1) is 17.8 Å². The molecule has 9 nitrogen and oxygen atoms in total. The number of likely N-dealkylation sites (N-methyl/N-ethyl adjacent to an activating group) is 1. The van der Waals surface area contributed by atoms with Gasteiger partial charge in [-0.2, -0.15) is 0 Å². The molecule has 1 aliphatic heterocycles. The minimum atomic E-state index is 0.349. The van der Waals surface area contributed by atoms with Gasteiger partial charge < -0.3 is 14.8 Å². The third-order valence-corrected chi connectivity index (χ3v) is 5.10. The molecule has 1 fully saturated rings. The average Bonchev–Trinajstić information content (AvgIpc) is 3.48. The largest absolute Gasteiger partial charge is 0.354 e. The molecule has 1 atom stereocenters. The minimum absolute atomic E-state index is 0.349. The third-order valence-electron chi connectivity index (χ3n) is 5.10. The fraction of sp³-hybridized carbons (Fsp3) is 0.278. The van der Waals surface area contributed by atoms with Gasteiger partial charge in [-0.25, -0.2) is 24.9 Å². The van der Waals surface area contributed by atoms with E-state index in [9.17, 15) is 0 Å². The number of nitrogens with one attached hydrogen (secondary N) is 1. The lowest BCUT2D eigenvalue weighted by Gasteiger charge is -2.26. The van der Waals surface area contributed by atoms with Crippen LogP contribution in [0.5, 0.6) is 0 Å². The van der Waals surface area contributed by atoms with E-state index in [1.54, 1.807) is 25.0 Å². The maximum absolute atomic E-state index is 4.58. The van der Waals surface area contributed by atoms with Crippen LogP contribution in [-0.2, 0) is 0 Å². The summed E-state index contributed by atoms with van der Waals surface area (Å²) in [6.45, 7) is 1.84. The first-order valence-corrected chi connectivity index (χ1v) is 8.86. The summed E-state index contributed by atoms with van der Waals surface area (Å²) in [6.07, 6.45) is 13.4. The number of anilines is 2. The minimum Gasteiger partial charge on any atom is -0.354 e. The van der Waals surface area contributed by atoms with Crippen molar-refractivity contribution < 1.29 is 0 Å². The zero-order chi connectivity index (χ0) is 18.2. The van der Waals surface area contributed by atoms with E-state index in [0.29, 0.717) is 6.04 Å². The number of rotatable bonds is 4. The Labute approximate surface area is 155 Å². The molecule has 0 bridgehead atoms. The molecule has 1 N–H and O–H groups in total. The Morgan fingerprint density at radius 1 is 1.19 bits per heavy atom. The second kappa shape index (κ2) is 6.35. The lowest BCUT2D eigenvalue weighted by molar-refractivity contribution is 0.682. The van der Waals surface area contributed by atoms with Crippen molar-refractivity contribution in [1.82, 2.24) is 34.5 Å². The summed E-state index contributed by atoms with van der Waals surface area (Å²) in [4.78, 5) is 29.6. The Bertz CT molecular complexity index is 1040.